The van der Waals surface area contributed by atoms with Gasteiger partial charge in [0.2, 0.25) is 0 Å². The molecule has 0 aliphatic heterocycles. The minimum absolute atomic E-state index is 0.0323. The third kappa shape index (κ3) is 6.19. The number of hydrogen-bond acceptors (Lipinski definition) is 4. The number of ether oxygens (including phenoxy) is 1. The van der Waals surface area contributed by atoms with Gasteiger partial charge >= 0.3 is 6.09 Å². The highest BCUT2D eigenvalue weighted by atomic mass is 32.2. The summed E-state index contributed by atoms with van der Waals surface area (Å²) in [6.07, 6.45) is 0.265. The van der Waals surface area contributed by atoms with Gasteiger partial charge < -0.3 is 15.8 Å². The normalized spacial score (nSPS) is 11.9. The van der Waals surface area contributed by atoms with Crippen LogP contribution in [0.2, 0.25) is 0 Å². The van der Waals surface area contributed by atoms with Crippen molar-refractivity contribution >= 4 is 17.9 Å². The monoisotopic (exact) mass is 254 g/mol. The largest absolute Gasteiger partial charge is 0.450 e. The van der Waals surface area contributed by atoms with Gasteiger partial charge in [0.05, 0.1) is 6.61 Å². The van der Waals surface area contributed by atoms with E-state index >= 15 is 0 Å². The average Bonchev–Trinajstić information content (AvgIpc) is 2.37. The van der Waals surface area contributed by atoms with Crippen LogP contribution < -0.4 is 11.1 Å². The summed E-state index contributed by atoms with van der Waals surface area (Å²) in [7, 11) is 1.54. The summed E-state index contributed by atoms with van der Waals surface area (Å²) in [4.78, 5) is 12.0. The fourth-order valence-corrected chi connectivity index (χ4v) is 2.10. The number of rotatable bonds is 6. The zero-order valence-corrected chi connectivity index (χ0v) is 10.7. The minimum Gasteiger partial charge on any atom is -0.450 e. The molecule has 0 saturated heterocycles. The van der Waals surface area contributed by atoms with E-state index in [9.17, 15) is 4.79 Å². The van der Waals surface area contributed by atoms with Gasteiger partial charge in [0, 0.05) is 23.7 Å². The van der Waals surface area contributed by atoms with Crippen molar-refractivity contribution in [2.75, 3.05) is 19.4 Å². The van der Waals surface area contributed by atoms with Crippen molar-refractivity contribution in [3.8, 4) is 0 Å². The van der Waals surface area contributed by atoms with Gasteiger partial charge in [0.1, 0.15) is 0 Å². The highest BCUT2D eigenvalue weighted by Crippen LogP contribution is 2.17. The van der Waals surface area contributed by atoms with E-state index in [1.165, 1.54) is 11.9 Å². The van der Waals surface area contributed by atoms with Crippen molar-refractivity contribution in [3.05, 3.63) is 30.3 Å². The molecular weight excluding hydrogens is 236 g/mol. The van der Waals surface area contributed by atoms with E-state index in [0.717, 1.165) is 5.75 Å². The Bertz CT molecular complexity index is 333. The Balaban J connectivity index is 2.13. The van der Waals surface area contributed by atoms with Crippen molar-refractivity contribution in [3.63, 3.8) is 0 Å². The molecule has 1 aromatic rings. The first-order valence-corrected chi connectivity index (χ1v) is 6.49. The number of carbonyl (C=O) groups is 1. The van der Waals surface area contributed by atoms with Crippen molar-refractivity contribution in [1.82, 2.24) is 5.32 Å². The van der Waals surface area contributed by atoms with Crippen LogP contribution >= 0.6 is 11.8 Å². The van der Waals surface area contributed by atoms with Gasteiger partial charge in [-0.25, -0.2) is 4.79 Å². The van der Waals surface area contributed by atoms with Crippen LogP contribution in [-0.4, -0.2) is 31.5 Å². The molecule has 0 fully saturated rings. The third-order valence-corrected chi connectivity index (χ3v) is 3.33. The van der Waals surface area contributed by atoms with E-state index in [0.29, 0.717) is 13.0 Å². The van der Waals surface area contributed by atoms with E-state index in [2.05, 4.69) is 17.4 Å². The molecule has 1 amide bonds. The lowest BCUT2D eigenvalue weighted by molar-refractivity contribution is 0.145. The lowest BCUT2D eigenvalue weighted by Gasteiger charge is -2.11. The number of nitrogens with two attached hydrogens (primary N) is 1. The predicted octanol–water partition coefficient (Wildman–Crippen LogP) is 1.85. The predicted molar refractivity (Wildman–Crippen MR) is 70.2 cm³/mol. The lowest BCUT2D eigenvalue weighted by Crippen LogP contribution is -2.27. The molecule has 0 radical (unpaired) electrons. The Morgan fingerprint density at radius 2 is 2.18 bits per heavy atom. The summed E-state index contributed by atoms with van der Waals surface area (Å²) in [5.41, 5.74) is 5.92. The Kier molecular flexibility index (Phi) is 6.50. The summed E-state index contributed by atoms with van der Waals surface area (Å²) in [5, 5.41) is 2.39. The van der Waals surface area contributed by atoms with Gasteiger partial charge in [0.25, 0.3) is 0 Å². The van der Waals surface area contributed by atoms with Crippen LogP contribution in [0.15, 0.2) is 35.2 Å². The van der Waals surface area contributed by atoms with Crippen molar-refractivity contribution < 1.29 is 9.53 Å². The molecule has 5 heteroatoms. The number of benzene rings is 1. The molecule has 1 atom stereocenters. The van der Waals surface area contributed by atoms with E-state index in [-0.39, 0.29) is 6.04 Å². The Morgan fingerprint density at radius 1 is 1.47 bits per heavy atom. The molecule has 0 saturated carbocycles. The van der Waals surface area contributed by atoms with Gasteiger partial charge in [0.15, 0.2) is 0 Å². The zero-order valence-electron chi connectivity index (χ0n) is 9.89. The van der Waals surface area contributed by atoms with Crippen LogP contribution in [0.3, 0.4) is 0 Å². The maximum Gasteiger partial charge on any atom is 0.406 e. The summed E-state index contributed by atoms with van der Waals surface area (Å²) in [6, 6.07) is 10.1. The van der Waals surface area contributed by atoms with E-state index in [1.54, 1.807) is 11.8 Å². The standard InChI is InChI=1S/C12H18N2O2S/c1-14-12(15)16-8-7-10(13)9-17-11-5-3-2-4-6-11/h2-6,10H,7-9,13H2,1H3,(H,14,15). The van der Waals surface area contributed by atoms with E-state index < -0.39 is 6.09 Å². The second kappa shape index (κ2) is 7.97. The van der Waals surface area contributed by atoms with Gasteiger partial charge in [-0.05, 0) is 18.6 Å². The molecule has 4 nitrogen and oxygen atoms in total. The SMILES string of the molecule is CNC(=O)OCCC(N)CSc1ccccc1. The molecular formula is C12H18N2O2S. The second-order valence-electron chi connectivity index (χ2n) is 3.56. The van der Waals surface area contributed by atoms with Crippen molar-refractivity contribution in [2.45, 2.75) is 17.4 Å². The maximum absolute atomic E-state index is 10.8. The fourth-order valence-electron chi connectivity index (χ4n) is 1.18. The maximum atomic E-state index is 10.8. The Labute approximate surface area is 106 Å². The smallest absolute Gasteiger partial charge is 0.406 e. The zero-order chi connectivity index (χ0) is 12.5. The van der Waals surface area contributed by atoms with Crippen LogP contribution in [0.4, 0.5) is 4.79 Å². The van der Waals surface area contributed by atoms with Gasteiger partial charge in [-0.1, -0.05) is 18.2 Å². The summed E-state index contributed by atoms with van der Waals surface area (Å²) in [6.45, 7) is 0.357. The molecule has 0 heterocycles. The van der Waals surface area contributed by atoms with Crippen LogP contribution in [0.1, 0.15) is 6.42 Å². The van der Waals surface area contributed by atoms with Crippen LogP contribution in [0, 0.1) is 0 Å². The first kappa shape index (κ1) is 13.9. The molecule has 3 N–H and O–H groups in total. The summed E-state index contributed by atoms with van der Waals surface area (Å²) < 4.78 is 4.87. The molecule has 0 aliphatic carbocycles. The molecule has 1 aromatic carbocycles. The second-order valence-corrected chi connectivity index (χ2v) is 4.65. The van der Waals surface area contributed by atoms with Crippen molar-refractivity contribution in [1.29, 1.82) is 0 Å². The van der Waals surface area contributed by atoms with E-state index in [1.807, 2.05) is 18.2 Å². The number of thioether (sulfide) groups is 1. The lowest BCUT2D eigenvalue weighted by atomic mass is 10.3. The van der Waals surface area contributed by atoms with Crippen LogP contribution in [0.5, 0.6) is 0 Å². The summed E-state index contributed by atoms with van der Waals surface area (Å²) >= 11 is 1.71. The fraction of sp³-hybridized carbons (Fsp3) is 0.417. The Morgan fingerprint density at radius 3 is 2.82 bits per heavy atom. The number of amides is 1. The molecule has 0 spiro atoms. The first-order chi connectivity index (χ1) is 8.22. The van der Waals surface area contributed by atoms with Crippen LogP contribution in [-0.2, 0) is 4.74 Å². The molecule has 0 aliphatic rings. The molecule has 94 valence electrons. The quantitative estimate of drug-likeness (QED) is 0.760. The van der Waals surface area contributed by atoms with Gasteiger partial charge in [-0.2, -0.15) is 0 Å². The highest BCUT2D eigenvalue weighted by Gasteiger charge is 2.05. The molecule has 1 unspecified atom stereocenters. The molecule has 0 bridgehead atoms. The number of alkyl carbamates (subject to hydrolysis) is 1. The van der Waals surface area contributed by atoms with Crippen LogP contribution in [0.25, 0.3) is 0 Å². The van der Waals surface area contributed by atoms with Gasteiger partial charge in [-0.15, -0.1) is 11.8 Å². The first-order valence-electron chi connectivity index (χ1n) is 5.50. The highest BCUT2D eigenvalue weighted by molar-refractivity contribution is 7.99. The summed E-state index contributed by atoms with van der Waals surface area (Å²) in [5.74, 6) is 0.821. The number of nitrogens with one attached hydrogen (secondary N) is 1. The third-order valence-electron chi connectivity index (χ3n) is 2.13. The molecule has 17 heavy (non-hydrogen) atoms. The Hall–Kier alpha value is -1.20. The average molecular weight is 254 g/mol. The number of hydrogen-bond donors (Lipinski definition) is 2. The van der Waals surface area contributed by atoms with E-state index in [4.69, 9.17) is 10.5 Å². The minimum atomic E-state index is -0.409. The van der Waals surface area contributed by atoms with Gasteiger partial charge in [-0.3, -0.25) is 0 Å². The topological polar surface area (TPSA) is 64.3 Å². The van der Waals surface area contributed by atoms with Crippen molar-refractivity contribution in [2.24, 2.45) is 5.73 Å². The number of carbonyl (C=O) groups excluding carboxylic acids is 1. The molecule has 1 rings (SSSR count). The molecule has 0 aromatic heterocycles.